The lowest BCUT2D eigenvalue weighted by Gasteiger charge is -2.39. The zero-order valence-corrected chi connectivity index (χ0v) is 24.9. The molecule has 9 nitrogen and oxygen atoms in total. The van der Waals surface area contributed by atoms with Crippen molar-refractivity contribution in [1.29, 1.82) is 10.7 Å². The van der Waals surface area contributed by atoms with Crippen LogP contribution in [0.25, 0.3) is 5.70 Å². The Morgan fingerprint density at radius 3 is 2.14 bits per heavy atom. The molecule has 1 aliphatic carbocycles. The SMILES string of the molecule is C=C(N)c1ccc2c(c1)CCc1cc(C(N)=O)ccc1C2(C[C@H](C)NCC(=O)NC(C)C#N)C(=N)Nc1ccc(C)cc1. The van der Waals surface area contributed by atoms with Crippen LogP contribution in [0.3, 0.4) is 0 Å². The van der Waals surface area contributed by atoms with Crippen LogP contribution in [0, 0.1) is 23.7 Å². The van der Waals surface area contributed by atoms with E-state index in [1.165, 1.54) is 0 Å². The Kier molecular flexibility index (Phi) is 9.32. The first kappa shape index (κ1) is 31.0. The number of aryl methyl sites for hydroxylation is 3. The van der Waals surface area contributed by atoms with Crippen molar-refractivity contribution < 1.29 is 9.59 Å². The second-order valence-electron chi connectivity index (χ2n) is 11.3. The average molecular weight is 578 g/mol. The highest BCUT2D eigenvalue weighted by atomic mass is 16.2. The van der Waals surface area contributed by atoms with Gasteiger partial charge in [0.05, 0.1) is 18.0 Å². The largest absolute Gasteiger partial charge is 0.399 e. The van der Waals surface area contributed by atoms with Gasteiger partial charge in [-0.25, -0.2) is 0 Å². The average Bonchev–Trinajstić information content (AvgIpc) is 3.11. The van der Waals surface area contributed by atoms with Crippen molar-refractivity contribution in [2.75, 3.05) is 11.9 Å². The number of carbonyl (C=O) groups is 2. The number of fused-ring (bicyclic) bond motifs is 2. The van der Waals surface area contributed by atoms with Crippen molar-refractivity contribution in [2.45, 2.75) is 57.5 Å². The molecule has 0 aliphatic heterocycles. The van der Waals surface area contributed by atoms with Crippen LogP contribution in [-0.4, -0.2) is 36.3 Å². The number of primary amides is 1. The quantitative estimate of drug-likeness (QED) is 0.158. The summed E-state index contributed by atoms with van der Waals surface area (Å²) < 4.78 is 0. The number of hydrogen-bond acceptors (Lipinski definition) is 6. The van der Waals surface area contributed by atoms with E-state index >= 15 is 0 Å². The molecule has 8 N–H and O–H groups in total. The molecule has 1 aliphatic rings. The van der Waals surface area contributed by atoms with Crippen LogP contribution >= 0.6 is 0 Å². The first-order valence-electron chi connectivity index (χ1n) is 14.3. The summed E-state index contributed by atoms with van der Waals surface area (Å²) in [5, 5.41) is 28.1. The maximum Gasteiger partial charge on any atom is 0.248 e. The number of anilines is 1. The van der Waals surface area contributed by atoms with E-state index < -0.39 is 17.4 Å². The summed E-state index contributed by atoms with van der Waals surface area (Å²) in [6.07, 6.45) is 1.69. The van der Waals surface area contributed by atoms with Gasteiger partial charge in [0.25, 0.3) is 0 Å². The molecule has 43 heavy (non-hydrogen) atoms. The first-order chi connectivity index (χ1) is 20.4. The summed E-state index contributed by atoms with van der Waals surface area (Å²) >= 11 is 0. The van der Waals surface area contributed by atoms with E-state index in [2.05, 4.69) is 22.5 Å². The fourth-order valence-corrected chi connectivity index (χ4v) is 5.80. The van der Waals surface area contributed by atoms with E-state index in [1.54, 1.807) is 13.0 Å². The van der Waals surface area contributed by atoms with Gasteiger partial charge in [0, 0.05) is 23.0 Å². The van der Waals surface area contributed by atoms with Crippen LogP contribution in [0.4, 0.5) is 5.69 Å². The fraction of sp³-hybridized carbons (Fsp3) is 0.294. The maximum absolute atomic E-state index is 12.5. The molecule has 0 fully saturated rings. The lowest BCUT2D eigenvalue weighted by Crippen LogP contribution is -2.48. The highest BCUT2D eigenvalue weighted by Gasteiger charge is 2.44. The Balaban J connectivity index is 1.88. The smallest absolute Gasteiger partial charge is 0.248 e. The van der Waals surface area contributed by atoms with Crippen LogP contribution in [0.2, 0.25) is 0 Å². The van der Waals surface area contributed by atoms with Gasteiger partial charge >= 0.3 is 0 Å². The third-order valence-corrected chi connectivity index (χ3v) is 7.99. The molecular weight excluding hydrogens is 538 g/mol. The molecule has 0 saturated heterocycles. The highest BCUT2D eigenvalue weighted by molar-refractivity contribution is 6.05. The lowest BCUT2D eigenvalue weighted by atomic mass is 9.67. The van der Waals surface area contributed by atoms with Crippen LogP contribution in [0.5, 0.6) is 0 Å². The van der Waals surface area contributed by atoms with Gasteiger partial charge in [-0.15, -0.1) is 0 Å². The number of amides is 2. The molecule has 9 heteroatoms. The predicted molar refractivity (Wildman–Crippen MR) is 171 cm³/mol. The first-order valence-corrected chi connectivity index (χ1v) is 14.3. The summed E-state index contributed by atoms with van der Waals surface area (Å²) in [5.41, 5.74) is 18.1. The number of amidine groups is 1. The standard InChI is InChI=1S/C34H39N7O2/c1-20-5-11-28(12-6-20)41-33(38)34(17-21(2)39-19-31(42)40-22(3)18-35)29-13-9-24(23(4)36)15-25(29)7-8-26-16-27(32(37)43)10-14-30(26)34/h5-6,9-16,21-22,39H,4,7-8,17,19,36H2,1-3H3,(H2,37,43)(H2,38,41)(H,40,42)/t21-,22?,34?/m0/s1. The van der Waals surface area contributed by atoms with Gasteiger partial charge in [-0.05, 0) is 98.2 Å². The molecule has 0 radical (unpaired) electrons. The van der Waals surface area contributed by atoms with Crippen molar-refractivity contribution in [3.63, 3.8) is 0 Å². The minimum Gasteiger partial charge on any atom is -0.399 e. The number of nitrogens with zero attached hydrogens (tertiary/aromatic N) is 1. The van der Waals surface area contributed by atoms with Crippen molar-refractivity contribution in [3.8, 4) is 6.07 Å². The molecule has 3 aromatic rings. The van der Waals surface area contributed by atoms with Gasteiger partial charge in [-0.3, -0.25) is 15.0 Å². The van der Waals surface area contributed by atoms with Crippen LogP contribution in [0.1, 0.15) is 64.0 Å². The number of rotatable bonds is 10. The highest BCUT2D eigenvalue weighted by Crippen LogP contribution is 2.45. The van der Waals surface area contributed by atoms with E-state index in [4.69, 9.17) is 16.7 Å². The number of nitrogens with one attached hydrogen (secondary N) is 4. The summed E-state index contributed by atoms with van der Waals surface area (Å²) in [6.45, 7) is 9.53. The van der Waals surface area contributed by atoms with Crippen LogP contribution < -0.4 is 27.4 Å². The molecule has 3 atom stereocenters. The molecule has 2 amide bonds. The second kappa shape index (κ2) is 12.9. The maximum atomic E-state index is 12.5. The topological polar surface area (TPSA) is 170 Å². The number of benzene rings is 3. The Bertz CT molecular complexity index is 1540. The number of nitriles is 1. The molecule has 0 aromatic heterocycles. The Labute approximate surface area is 252 Å². The second-order valence-corrected chi connectivity index (χ2v) is 11.3. The van der Waals surface area contributed by atoms with Gasteiger partial charge in [0.15, 0.2) is 0 Å². The summed E-state index contributed by atoms with van der Waals surface area (Å²) in [7, 11) is 0. The Hall–Kier alpha value is -4.94. The molecule has 3 aromatic carbocycles. The van der Waals surface area contributed by atoms with Crippen LogP contribution in [-0.2, 0) is 23.1 Å². The monoisotopic (exact) mass is 577 g/mol. The van der Waals surface area contributed by atoms with Crippen LogP contribution in [0.15, 0.2) is 67.2 Å². The van der Waals surface area contributed by atoms with Gasteiger partial charge in [-0.1, -0.05) is 42.5 Å². The third-order valence-electron chi connectivity index (χ3n) is 7.99. The molecule has 0 heterocycles. The van der Waals surface area contributed by atoms with Crippen molar-refractivity contribution in [1.82, 2.24) is 10.6 Å². The minimum absolute atomic E-state index is 0.00819. The molecule has 0 saturated carbocycles. The summed E-state index contributed by atoms with van der Waals surface area (Å²) in [5.74, 6) is -0.554. The lowest BCUT2D eigenvalue weighted by molar-refractivity contribution is -0.120. The van der Waals surface area contributed by atoms with Gasteiger partial charge in [0.1, 0.15) is 11.9 Å². The van der Waals surface area contributed by atoms with Crippen molar-refractivity contribution in [3.05, 3.63) is 106 Å². The Morgan fingerprint density at radius 1 is 1.00 bits per heavy atom. The van der Waals surface area contributed by atoms with Crippen molar-refractivity contribution in [2.24, 2.45) is 11.5 Å². The molecule has 222 valence electrons. The van der Waals surface area contributed by atoms with Gasteiger partial charge in [-0.2, -0.15) is 5.26 Å². The molecule has 4 rings (SSSR count). The summed E-state index contributed by atoms with van der Waals surface area (Å²) in [4.78, 5) is 24.7. The third kappa shape index (κ3) is 6.76. The van der Waals surface area contributed by atoms with E-state index in [-0.39, 0.29) is 24.3 Å². The van der Waals surface area contributed by atoms with Crippen molar-refractivity contribution >= 4 is 29.0 Å². The molecule has 0 bridgehead atoms. The fourth-order valence-electron chi connectivity index (χ4n) is 5.80. The normalized spacial score (nSPS) is 16.8. The molecule has 0 spiro atoms. The van der Waals surface area contributed by atoms with E-state index in [1.807, 2.05) is 74.5 Å². The number of nitrogens with two attached hydrogens (primary N) is 2. The van der Waals surface area contributed by atoms with E-state index in [0.29, 0.717) is 30.5 Å². The Morgan fingerprint density at radius 2 is 1.58 bits per heavy atom. The molecule has 2 unspecified atom stereocenters. The number of carbonyl (C=O) groups excluding carboxylic acids is 2. The molecular formula is C34H39N7O2. The van der Waals surface area contributed by atoms with Gasteiger partial charge in [0.2, 0.25) is 11.8 Å². The van der Waals surface area contributed by atoms with Gasteiger partial charge < -0.3 is 27.4 Å². The minimum atomic E-state index is -1.00. The summed E-state index contributed by atoms with van der Waals surface area (Å²) in [6, 6.07) is 20.4. The zero-order chi connectivity index (χ0) is 31.3. The van der Waals surface area contributed by atoms with E-state index in [0.717, 1.165) is 39.1 Å². The van der Waals surface area contributed by atoms with E-state index in [9.17, 15) is 15.0 Å². The number of hydrogen-bond donors (Lipinski definition) is 6. The predicted octanol–water partition coefficient (Wildman–Crippen LogP) is 3.89. The zero-order valence-electron chi connectivity index (χ0n) is 24.9.